The molecule has 0 aliphatic rings. The molecule has 1 N–H and O–H groups in total. The first-order valence-corrected chi connectivity index (χ1v) is 15.1. The van der Waals surface area contributed by atoms with Gasteiger partial charge >= 0.3 is 0 Å². The summed E-state index contributed by atoms with van der Waals surface area (Å²) in [7, 11) is -2.79. The van der Waals surface area contributed by atoms with E-state index in [-0.39, 0.29) is 40.5 Å². The number of anilines is 1. The number of benzene rings is 3. The summed E-state index contributed by atoms with van der Waals surface area (Å²) in [4.78, 5) is 28.6. The van der Waals surface area contributed by atoms with Crippen LogP contribution in [-0.2, 0) is 26.2 Å². The predicted molar refractivity (Wildman–Crippen MR) is 158 cm³/mol. The molecule has 220 valence electrons. The summed E-state index contributed by atoms with van der Waals surface area (Å²) in [5.41, 5.74) is 0.766. The molecule has 2 atom stereocenters. The first kappa shape index (κ1) is 31.9. The first-order chi connectivity index (χ1) is 19.5. The molecule has 41 heavy (non-hydrogen) atoms. The largest absolute Gasteiger partial charge is 0.497 e. The van der Waals surface area contributed by atoms with Crippen LogP contribution in [0, 0.1) is 5.82 Å². The molecule has 0 spiro atoms. The summed E-state index contributed by atoms with van der Waals surface area (Å²) in [5, 5.41) is 3.20. The van der Waals surface area contributed by atoms with Crippen molar-refractivity contribution in [3.8, 4) is 5.75 Å². The van der Waals surface area contributed by atoms with Crippen molar-refractivity contribution in [3.05, 3.63) is 89.2 Å². The van der Waals surface area contributed by atoms with Crippen LogP contribution in [0.4, 0.5) is 10.1 Å². The van der Waals surface area contributed by atoms with Gasteiger partial charge in [-0.2, -0.15) is 0 Å². The minimum Gasteiger partial charge on any atom is -0.497 e. The van der Waals surface area contributed by atoms with Crippen LogP contribution >= 0.6 is 11.6 Å². The number of ether oxygens (including phenoxy) is 1. The van der Waals surface area contributed by atoms with Crippen molar-refractivity contribution in [2.24, 2.45) is 0 Å². The number of methoxy groups -OCH3 is 1. The molecule has 0 radical (unpaired) electrons. The van der Waals surface area contributed by atoms with Gasteiger partial charge in [0.25, 0.3) is 10.0 Å². The zero-order chi connectivity index (χ0) is 30.2. The van der Waals surface area contributed by atoms with Gasteiger partial charge in [0.2, 0.25) is 11.8 Å². The molecular weight excluding hydrogens is 569 g/mol. The number of amides is 2. The van der Waals surface area contributed by atoms with Gasteiger partial charge in [-0.1, -0.05) is 43.6 Å². The molecule has 0 bridgehead atoms. The minimum atomic E-state index is -4.26. The number of carbonyl (C=O) groups is 2. The Hall–Kier alpha value is -3.63. The highest BCUT2D eigenvalue weighted by molar-refractivity contribution is 7.92. The molecule has 11 heteroatoms. The summed E-state index contributed by atoms with van der Waals surface area (Å²) in [5.74, 6) is -0.939. The number of nitrogens with one attached hydrogen (secondary N) is 1. The predicted octanol–water partition coefficient (Wildman–Crippen LogP) is 5.41. The molecule has 0 heterocycles. The van der Waals surface area contributed by atoms with E-state index < -0.39 is 34.3 Å². The van der Waals surface area contributed by atoms with Gasteiger partial charge in [-0.15, -0.1) is 0 Å². The van der Waals surface area contributed by atoms with Crippen LogP contribution in [0.3, 0.4) is 0 Å². The molecule has 3 rings (SSSR count). The maximum atomic E-state index is 14.0. The van der Waals surface area contributed by atoms with Gasteiger partial charge < -0.3 is 15.0 Å². The van der Waals surface area contributed by atoms with Crippen molar-refractivity contribution in [2.45, 2.75) is 57.1 Å². The Labute approximate surface area is 246 Å². The number of nitrogens with zero attached hydrogens (tertiary/aromatic N) is 2. The molecule has 3 aromatic rings. The molecule has 0 unspecified atom stereocenters. The summed E-state index contributed by atoms with van der Waals surface area (Å²) in [6.07, 6.45) is 0.967. The summed E-state index contributed by atoms with van der Waals surface area (Å²) in [6.45, 7) is 4.93. The highest BCUT2D eigenvalue weighted by Gasteiger charge is 2.34. The quantitative estimate of drug-likeness (QED) is 0.282. The van der Waals surface area contributed by atoms with Gasteiger partial charge in [0.15, 0.2) is 0 Å². The van der Waals surface area contributed by atoms with Gasteiger partial charge in [-0.25, -0.2) is 12.8 Å². The minimum absolute atomic E-state index is 0.0302. The number of halogens is 2. The third kappa shape index (κ3) is 8.20. The Morgan fingerprint density at radius 3 is 2.22 bits per heavy atom. The van der Waals surface area contributed by atoms with Gasteiger partial charge in [-0.3, -0.25) is 13.9 Å². The zero-order valence-corrected chi connectivity index (χ0v) is 25.1. The van der Waals surface area contributed by atoms with Crippen molar-refractivity contribution in [1.82, 2.24) is 10.2 Å². The van der Waals surface area contributed by atoms with Crippen LogP contribution in [0.25, 0.3) is 0 Å². The van der Waals surface area contributed by atoms with Crippen LogP contribution < -0.4 is 14.4 Å². The van der Waals surface area contributed by atoms with E-state index in [1.54, 1.807) is 19.1 Å². The molecule has 0 saturated heterocycles. The summed E-state index contributed by atoms with van der Waals surface area (Å²) in [6, 6.07) is 16.5. The average molecular weight is 604 g/mol. The molecule has 0 aliphatic heterocycles. The van der Waals surface area contributed by atoms with E-state index in [1.807, 2.05) is 13.8 Å². The van der Waals surface area contributed by atoms with E-state index in [9.17, 15) is 22.4 Å². The van der Waals surface area contributed by atoms with Crippen molar-refractivity contribution in [3.63, 3.8) is 0 Å². The van der Waals surface area contributed by atoms with Crippen molar-refractivity contribution >= 4 is 39.1 Å². The molecule has 0 fully saturated rings. The van der Waals surface area contributed by atoms with Gasteiger partial charge in [0.1, 0.15) is 24.2 Å². The number of rotatable bonds is 13. The van der Waals surface area contributed by atoms with E-state index >= 15 is 0 Å². The monoisotopic (exact) mass is 603 g/mol. The van der Waals surface area contributed by atoms with E-state index in [1.165, 1.54) is 72.7 Å². The topological polar surface area (TPSA) is 96.0 Å². The normalized spacial score (nSPS) is 12.7. The van der Waals surface area contributed by atoms with Gasteiger partial charge in [0.05, 0.1) is 17.7 Å². The standard InChI is InChI=1S/C30H35ClFN3O5S/c1-5-21(3)33-30(37)28(6-2)34(19-22-10-12-24(32)13-11-22)29(36)20-35(25-9-7-8-23(31)18-25)41(38,39)27-16-14-26(40-4)15-17-27/h7-18,21,28H,5-6,19-20H2,1-4H3,(H,33,37)/t21-,28+/m0/s1. The summed E-state index contributed by atoms with van der Waals surface area (Å²) < 4.78 is 47.5. The lowest BCUT2D eigenvalue weighted by atomic mass is 10.1. The Morgan fingerprint density at radius 2 is 1.66 bits per heavy atom. The third-order valence-corrected chi connectivity index (χ3v) is 8.70. The third-order valence-electron chi connectivity index (χ3n) is 6.68. The fourth-order valence-corrected chi connectivity index (χ4v) is 5.77. The molecule has 2 amide bonds. The van der Waals surface area contributed by atoms with E-state index in [0.717, 1.165) is 4.31 Å². The fraction of sp³-hybridized carbons (Fsp3) is 0.333. The smallest absolute Gasteiger partial charge is 0.264 e. The molecule has 0 saturated carbocycles. The van der Waals surface area contributed by atoms with Crippen molar-refractivity contribution in [1.29, 1.82) is 0 Å². The maximum Gasteiger partial charge on any atom is 0.264 e. The van der Waals surface area contributed by atoms with Crippen LogP contribution in [0.5, 0.6) is 5.75 Å². The summed E-state index contributed by atoms with van der Waals surface area (Å²) >= 11 is 6.20. The second-order valence-electron chi connectivity index (χ2n) is 9.56. The second-order valence-corrected chi connectivity index (χ2v) is 11.9. The van der Waals surface area contributed by atoms with Crippen LogP contribution in [0.15, 0.2) is 77.7 Å². The van der Waals surface area contributed by atoms with Gasteiger partial charge in [-0.05, 0) is 79.9 Å². The van der Waals surface area contributed by atoms with Crippen molar-refractivity contribution < 1.29 is 27.1 Å². The fourth-order valence-electron chi connectivity index (χ4n) is 4.18. The number of hydrogen-bond donors (Lipinski definition) is 1. The molecular formula is C30H35ClFN3O5S. The Morgan fingerprint density at radius 1 is 1.00 bits per heavy atom. The Kier molecular flexibility index (Phi) is 11.1. The maximum absolute atomic E-state index is 14.0. The lowest BCUT2D eigenvalue weighted by molar-refractivity contribution is -0.140. The van der Waals surface area contributed by atoms with Crippen LogP contribution in [-0.4, -0.2) is 50.9 Å². The highest BCUT2D eigenvalue weighted by Crippen LogP contribution is 2.28. The van der Waals surface area contributed by atoms with Crippen LogP contribution in [0.2, 0.25) is 5.02 Å². The number of hydrogen-bond acceptors (Lipinski definition) is 5. The van der Waals surface area contributed by atoms with E-state index in [0.29, 0.717) is 17.7 Å². The lowest BCUT2D eigenvalue weighted by Gasteiger charge is -2.33. The lowest BCUT2D eigenvalue weighted by Crippen LogP contribution is -2.53. The molecule has 0 aromatic heterocycles. The zero-order valence-electron chi connectivity index (χ0n) is 23.5. The van der Waals surface area contributed by atoms with E-state index in [2.05, 4.69) is 5.32 Å². The molecule has 8 nitrogen and oxygen atoms in total. The number of sulfonamides is 1. The van der Waals surface area contributed by atoms with Gasteiger partial charge in [0, 0.05) is 17.6 Å². The molecule has 3 aromatic carbocycles. The average Bonchev–Trinajstić information content (AvgIpc) is 2.96. The SMILES string of the molecule is CC[C@H](C(=O)N[C@@H](C)CC)N(Cc1ccc(F)cc1)C(=O)CN(c1cccc(Cl)c1)S(=O)(=O)c1ccc(OC)cc1. The Balaban J connectivity index is 2.06. The van der Waals surface area contributed by atoms with Crippen molar-refractivity contribution in [2.75, 3.05) is 18.0 Å². The molecule has 0 aliphatic carbocycles. The first-order valence-electron chi connectivity index (χ1n) is 13.3. The van der Waals surface area contributed by atoms with E-state index in [4.69, 9.17) is 16.3 Å². The second kappa shape index (κ2) is 14.3. The Bertz CT molecular complexity index is 1440. The number of carbonyl (C=O) groups excluding carboxylic acids is 2. The van der Waals surface area contributed by atoms with Crippen LogP contribution in [0.1, 0.15) is 39.2 Å². The highest BCUT2D eigenvalue weighted by atomic mass is 35.5.